The van der Waals surface area contributed by atoms with Gasteiger partial charge in [-0.3, -0.25) is 9.88 Å². The molecule has 0 amide bonds. The molecule has 1 fully saturated rings. The Morgan fingerprint density at radius 1 is 0.634 bits per heavy atom. The van der Waals surface area contributed by atoms with Crippen LogP contribution >= 0.6 is 0 Å². The van der Waals surface area contributed by atoms with Crippen LogP contribution in [-0.2, 0) is 6.18 Å². The fourth-order valence-electron chi connectivity index (χ4n) is 5.30. The van der Waals surface area contributed by atoms with E-state index >= 15 is 0 Å². The minimum atomic E-state index is -4.44. The van der Waals surface area contributed by atoms with Crippen molar-refractivity contribution in [1.29, 1.82) is 0 Å². The zero-order chi connectivity index (χ0) is 28.2. The average molecular weight is 552 g/mol. The fraction of sp³-hybridized carbons (Fsp3) is 0.182. The molecule has 6 rings (SSSR count). The molecule has 3 heterocycles. The summed E-state index contributed by atoms with van der Waals surface area (Å²) < 4.78 is 40.5. The zero-order valence-electron chi connectivity index (χ0n) is 22.2. The van der Waals surface area contributed by atoms with E-state index in [9.17, 15) is 13.2 Å². The summed E-state index contributed by atoms with van der Waals surface area (Å²) in [5, 5.41) is 0. The van der Waals surface area contributed by atoms with Gasteiger partial charge in [-0.25, -0.2) is 9.97 Å². The van der Waals surface area contributed by atoms with Crippen molar-refractivity contribution < 1.29 is 13.2 Å². The van der Waals surface area contributed by atoms with Crippen molar-refractivity contribution in [3.63, 3.8) is 0 Å². The molecule has 2 aromatic heterocycles. The van der Waals surface area contributed by atoms with Gasteiger partial charge in [0, 0.05) is 44.0 Å². The zero-order valence-corrected chi connectivity index (χ0v) is 22.2. The highest BCUT2D eigenvalue weighted by Gasteiger charge is 2.31. The number of benzene rings is 3. The van der Waals surface area contributed by atoms with Crippen LogP contribution in [0.15, 0.2) is 115 Å². The Morgan fingerprint density at radius 3 is 1.90 bits per heavy atom. The Morgan fingerprint density at radius 2 is 1.29 bits per heavy atom. The van der Waals surface area contributed by atoms with Crippen LogP contribution in [0.25, 0.3) is 22.8 Å². The van der Waals surface area contributed by atoms with Crippen LogP contribution in [-0.4, -0.2) is 46.0 Å². The van der Waals surface area contributed by atoms with Gasteiger partial charge in [-0.05, 0) is 35.4 Å². The maximum Gasteiger partial charge on any atom is 0.416 e. The first-order chi connectivity index (χ1) is 20.0. The van der Waals surface area contributed by atoms with Crippen LogP contribution in [0, 0.1) is 0 Å². The Labute approximate surface area is 237 Å². The van der Waals surface area contributed by atoms with Crippen LogP contribution < -0.4 is 4.90 Å². The van der Waals surface area contributed by atoms with E-state index in [0.29, 0.717) is 41.7 Å². The van der Waals surface area contributed by atoms with Crippen molar-refractivity contribution in [3.8, 4) is 22.8 Å². The number of anilines is 1. The minimum Gasteiger partial charge on any atom is -0.354 e. The maximum absolute atomic E-state index is 13.5. The minimum absolute atomic E-state index is 0.120. The molecule has 1 aliphatic heterocycles. The third kappa shape index (κ3) is 5.98. The summed E-state index contributed by atoms with van der Waals surface area (Å²) in [5.74, 6) is 1.05. The second-order valence-electron chi connectivity index (χ2n) is 9.98. The summed E-state index contributed by atoms with van der Waals surface area (Å²) in [6, 6.07) is 33.6. The first-order valence-electron chi connectivity index (χ1n) is 13.5. The lowest BCUT2D eigenvalue weighted by Gasteiger charge is -2.40. The van der Waals surface area contributed by atoms with E-state index in [1.807, 2.05) is 18.2 Å². The maximum atomic E-state index is 13.5. The number of rotatable bonds is 6. The molecule has 0 saturated carbocycles. The highest BCUT2D eigenvalue weighted by atomic mass is 19.4. The van der Waals surface area contributed by atoms with Crippen LogP contribution in [0.4, 0.5) is 19.0 Å². The van der Waals surface area contributed by atoms with Gasteiger partial charge in [0.15, 0.2) is 5.82 Å². The third-order valence-corrected chi connectivity index (χ3v) is 7.33. The normalized spacial score (nSPS) is 14.4. The van der Waals surface area contributed by atoms with Crippen LogP contribution in [0.3, 0.4) is 0 Å². The third-order valence-electron chi connectivity index (χ3n) is 7.33. The van der Waals surface area contributed by atoms with E-state index < -0.39 is 11.7 Å². The number of hydrogen-bond acceptors (Lipinski definition) is 5. The predicted molar refractivity (Wildman–Crippen MR) is 154 cm³/mol. The molecule has 1 aliphatic rings. The summed E-state index contributed by atoms with van der Waals surface area (Å²) in [6.45, 7) is 2.99. The molecule has 0 aliphatic carbocycles. The molecule has 0 atom stereocenters. The number of hydrogen-bond donors (Lipinski definition) is 0. The van der Waals surface area contributed by atoms with Gasteiger partial charge in [-0.2, -0.15) is 13.2 Å². The quantitative estimate of drug-likeness (QED) is 0.225. The number of alkyl halides is 3. The van der Waals surface area contributed by atoms with Gasteiger partial charge in [0.2, 0.25) is 0 Å². The van der Waals surface area contributed by atoms with Crippen LogP contribution in [0.2, 0.25) is 0 Å². The van der Waals surface area contributed by atoms with Crippen molar-refractivity contribution in [3.05, 3.63) is 132 Å². The number of aromatic nitrogens is 3. The van der Waals surface area contributed by atoms with Crippen LogP contribution in [0.1, 0.15) is 22.7 Å². The lowest BCUT2D eigenvalue weighted by atomic mass is 9.96. The first kappa shape index (κ1) is 26.7. The van der Waals surface area contributed by atoms with Crippen LogP contribution in [0.5, 0.6) is 0 Å². The summed E-state index contributed by atoms with van der Waals surface area (Å²) >= 11 is 0. The Hall–Kier alpha value is -4.56. The molecule has 5 nitrogen and oxygen atoms in total. The first-order valence-corrected chi connectivity index (χ1v) is 13.5. The largest absolute Gasteiger partial charge is 0.416 e. The van der Waals surface area contributed by atoms with E-state index in [2.05, 4.69) is 68.3 Å². The molecule has 41 heavy (non-hydrogen) atoms. The topological polar surface area (TPSA) is 45.2 Å². The summed E-state index contributed by atoms with van der Waals surface area (Å²) in [5.41, 5.74) is 3.13. The molecular formula is C33H28F3N5. The Kier molecular flexibility index (Phi) is 7.48. The fourth-order valence-corrected chi connectivity index (χ4v) is 5.30. The Balaban J connectivity index is 1.32. The van der Waals surface area contributed by atoms with E-state index in [0.717, 1.165) is 25.2 Å². The van der Waals surface area contributed by atoms with Gasteiger partial charge in [-0.1, -0.05) is 78.9 Å². The standard InChI is InChI=1S/C33H28F3N5/c34-33(35,36)27-15-9-14-26(22-27)29-23-30(39-32(38-29)28-16-7-8-17-37-28)40-18-20-41(21-19-40)31(24-10-3-1-4-11-24)25-12-5-2-6-13-25/h1-17,22-23,31H,18-21H2. The summed E-state index contributed by atoms with van der Waals surface area (Å²) in [6.07, 6.45) is -2.79. The molecule has 206 valence electrons. The predicted octanol–water partition coefficient (Wildman–Crippen LogP) is 7.14. The van der Waals surface area contributed by atoms with Gasteiger partial charge in [0.25, 0.3) is 0 Å². The second-order valence-corrected chi connectivity index (χ2v) is 9.98. The molecular weight excluding hydrogens is 523 g/mol. The molecule has 1 saturated heterocycles. The van der Waals surface area contributed by atoms with Gasteiger partial charge < -0.3 is 4.90 Å². The lowest BCUT2D eigenvalue weighted by Crippen LogP contribution is -2.48. The second kappa shape index (κ2) is 11.5. The number of piperazine rings is 1. The van der Waals surface area contributed by atoms with Gasteiger partial charge in [-0.15, -0.1) is 0 Å². The molecule has 0 spiro atoms. The molecule has 0 bridgehead atoms. The van der Waals surface area contributed by atoms with Gasteiger partial charge in [0.05, 0.1) is 17.3 Å². The number of nitrogens with zero attached hydrogens (tertiary/aromatic N) is 5. The lowest BCUT2D eigenvalue weighted by molar-refractivity contribution is -0.137. The molecule has 3 aromatic carbocycles. The monoisotopic (exact) mass is 551 g/mol. The van der Waals surface area contributed by atoms with Crippen molar-refractivity contribution in [2.75, 3.05) is 31.1 Å². The van der Waals surface area contributed by atoms with Crippen molar-refractivity contribution >= 4 is 5.82 Å². The van der Waals surface area contributed by atoms with Gasteiger partial charge in [0.1, 0.15) is 11.5 Å². The molecule has 0 N–H and O–H groups in total. The molecule has 0 unspecified atom stereocenters. The van der Waals surface area contributed by atoms with Crippen molar-refractivity contribution in [2.45, 2.75) is 12.2 Å². The SMILES string of the molecule is FC(F)(F)c1cccc(-c2cc(N3CCN(C(c4ccccc4)c4ccccc4)CC3)nc(-c3ccccn3)n2)c1. The molecule has 0 radical (unpaired) electrons. The summed E-state index contributed by atoms with van der Waals surface area (Å²) in [7, 11) is 0. The highest BCUT2D eigenvalue weighted by molar-refractivity contribution is 5.67. The van der Waals surface area contributed by atoms with E-state index in [1.165, 1.54) is 17.2 Å². The number of pyridine rings is 1. The average Bonchev–Trinajstić information content (AvgIpc) is 3.02. The molecule has 8 heteroatoms. The van der Waals surface area contributed by atoms with E-state index in [-0.39, 0.29) is 6.04 Å². The van der Waals surface area contributed by atoms with Crippen molar-refractivity contribution in [1.82, 2.24) is 19.9 Å². The highest BCUT2D eigenvalue weighted by Crippen LogP contribution is 2.34. The molecule has 5 aromatic rings. The van der Waals surface area contributed by atoms with E-state index in [1.54, 1.807) is 30.5 Å². The smallest absolute Gasteiger partial charge is 0.354 e. The van der Waals surface area contributed by atoms with E-state index in [4.69, 9.17) is 4.98 Å². The number of halogens is 3. The van der Waals surface area contributed by atoms with Gasteiger partial charge >= 0.3 is 6.18 Å². The van der Waals surface area contributed by atoms with Crippen molar-refractivity contribution in [2.24, 2.45) is 0 Å². The summed E-state index contributed by atoms with van der Waals surface area (Å²) in [4.78, 5) is 18.5. The Bertz CT molecular complexity index is 1550.